The lowest BCUT2D eigenvalue weighted by Crippen LogP contribution is -2.24. The number of carbonyl (C=O) groups is 1. The van der Waals surface area contributed by atoms with Gasteiger partial charge in [0, 0.05) is 25.4 Å². The van der Waals surface area contributed by atoms with Gasteiger partial charge in [-0.15, -0.1) is 0 Å². The predicted molar refractivity (Wildman–Crippen MR) is 91.6 cm³/mol. The molecule has 0 saturated carbocycles. The molecule has 1 N–H and O–H groups in total. The molecule has 0 atom stereocenters. The Morgan fingerprint density at radius 2 is 1.79 bits per heavy atom. The van der Waals surface area contributed by atoms with E-state index in [2.05, 4.69) is 14.7 Å². The maximum absolute atomic E-state index is 12.3. The topological polar surface area (TPSA) is 92.3 Å². The first kappa shape index (κ1) is 18.0. The van der Waals surface area contributed by atoms with Gasteiger partial charge in [0.15, 0.2) is 5.78 Å². The van der Waals surface area contributed by atoms with E-state index in [0.29, 0.717) is 17.2 Å². The number of aromatic nitrogens is 2. The third kappa shape index (κ3) is 4.36. The van der Waals surface area contributed by atoms with Gasteiger partial charge >= 0.3 is 0 Å². The summed E-state index contributed by atoms with van der Waals surface area (Å²) in [6.07, 6.45) is 0. The second kappa shape index (κ2) is 7.06. The number of benzene rings is 1. The van der Waals surface area contributed by atoms with Crippen LogP contribution < -0.4 is 9.62 Å². The quantitative estimate of drug-likeness (QED) is 0.796. The Balaban J connectivity index is 2.17. The van der Waals surface area contributed by atoms with Crippen LogP contribution in [-0.2, 0) is 16.6 Å². The van der Waals surface area contributed by atoms with Crippen molar-refractivity contribution in [1.82, 2.24) is 14.7 Å². The Labute approximate surface area is 141 Å². The van der Waals surface area contributed by atoms with E-state index in [1.165, 1.54) is 31.2 Å². The number of aryl methyl sites for hydroxylation is 1. The summed E-state index contributed by atoms with van der Waals surface area (Å²) in [4.78, 5) is 21.7. The predicted octanol–water partition coefficient (Wildman–Crippen LogP) is 1.53. The summed E-state index contributed by atoms with van der Waals surface area (Å²) in [5.74, 6) is 0.412. The zero-order valence-corrected chi connectivity index (χ0v) is 14.9. The van der Waals surface area contributed by atoms with Crippen molar-refractivity contribution in [3.8, 4) is 0 Å². The van der Waals surface area contributed by atoms with E-state index in [9.17, 15) is 13.2 Å². The van der Waals surface area contributed by atoms with Crippen LogP contribution in [0.25, 0.3) is 0 Å². The summed E-state index contributed by atoms with van der Waals surface area (Å²) in [5.41, 5.74) is 1.81. The lowest BCUT2D eigenvalue weighted by atomic mass is 10.2. The monoisotopic (exact) mass is 348 g/mol. The van der Waals surface area contributed by atoms with Gasteiger partial charge in [0.05, 0.1) is 17.1 Å². The molecule has 0 amide bonds. The molecule has 0 unspecified atom stereocenters. The highest BCUT2D eigenvalue weighted by atomic mass is 32.2. The van der Waals surface area contributed by atoms with Crippen LogP contribution in [0.4, 0.5) is 5.95 Å². The Morgan fingerprint density at radius 1 is 1.17 bits per heavy atom. The summed E-state index contributed by atoms with van der Waals surface area (Å²) in [6.45, 7) is 3.32. The van der Waals surface area contributed by atoms with E-state index in [-0.39, 0.29) is 17.2 Å². The summed E-state index contributed by atoms with van der Waals surface area (Å²) < 4.78 is 27.2. The van der Waals surface area contributed by atoms with Crippen molar-refractivity contribution >= 4 is 21.8 Å². The molecule has 7 nitrogen and oxygen atoms in total. The fraction of sp³-hybridized carbons (Fsp3) is 0.312. The van der Waals surface area contributed by atoms with Gasteiger partial charge in [-0.3, -0.25) is 4.79 Å². The van der Waals surface area contributed by atoms with Gasteiger partial charge in [0.1, 0.15) is 0 Å². The molecule has 0 spiro atoms. The molecular weight excluding hydrogens is 328 g/mol. The Hall–Kier alpha value is -2.32. The molecule has 0 aliphatic carbocycles. The standard InChI is InChI=1S/C16H20N4O3S/c1-11-9-14(19-16(18-11)20(3)4)10-17-24(22,23)15-7-5-13(6-8-15)12(2)21/h5-9,17H,10H2,1-4H3. The van der Waals surface area contributed by atoms with Gasteiger partial charge in [0.25, 0.3) is 0 Å². The summed E-state index contributed by atoms with van der Waals surface area (Å²) in [5, 5.41) is 0. The average Bonchev–Trinajstić information content (AvgIpc) is 2.52. The molecule has 2 rings (SSSR count). The molecule has 2 aromatic rings. The minimum atomic E-state index is -3.68. The highest BCUT2D eigenvalue weighted by Crippen LogP contribution is 2.12. The number of nitrogens with one attached hydrogen (secondary N) is 1. The van der Waals surface area contributed by atoms with Crippen LogP contribution >= 0.6 is 0 Å². The van der Waals surface area contributed by atoms with E-state index < -0.39 is 10.0 Å². The zero-order chi connectivity index (χ0) is 17.9. The highest BCUT2D eigenvalue weighted by molar-refractivity contribution is 7.89. The Morgan fingerprint density at radius 3 is 2.33 bits per heavy atom. The van der Waals surface area contributed by atoms with Gasteiger partial charge in [-0.1, -0.05) is 12.1 Å². The zero-order valence-electron chi connectivity index (χ0n) is 14.1. The molecule has 1 aromatic heterocycles. The fourth-order valence-corrected chi connectivity index (χ4v) is 3.03. The van der Waals surface area contributed by atoms with E-state index >= 15 is 0 Å². The summed E-state index contributed by atoms with van der Waals surface area (Å²) >= 11 is 0. The number of nitrogens with zero attached hydrogens (tertiary/aromatic N) is 3. The Kier molecular flexibility index (Phi) is 5.30. The molecule has 0 bridgehead atoms. The van der Waals surface area contributed by atoms with Crippen LogP contribution in [0.2, 0.25) is 0 Å². The SMILES string of the molecule is CC(=O)c1ccc(S(=O)(=O)NCc2cc(C)nc(N(C)C)n2)cc1. The van der Waals surface area contributed by atoms with Crippen molar-refractivity contribution in [2.75, 3.05) is 19.0 Å². The van der Waals surface area contributed by atoms with E-state index in [1.807, 2.05) is 21.0 Å². The molecule has 24 heavy (non-hydrogen) atoms. The lowest BCUT2D eigenvalue weighted by Gasteiger charge is -2.13. The second-order valence-electron chi connectivity index (χ2n) is 5.60. The number of anilines is 1. The minimum absolute atomic E-state index is 0.0565. The molecule has 128 valence electrons. The lowest BCUT2D eigenvalue weighted by molar-refractivity contribution is 0.101. The fourth-order valence-electron chi connectivity index (χ4n) is 2.03. The molecule has 0 aliphatic rings. The van der Waals surface area contributed by atoms with Crippen molar-refractivity contribution in [2.24, 2.45) is 0 Å². The van der Waals surface area contributed by atoms with Crippen LogP contribution in [0.1, 0.15) is 28.7 Å². The van der Waals surface area contributed by atoms with Gasteiger partial charge in [-0.2, -0.15) is 0 Å². The number of sulfonamides is 1. The van der Waals surface area contributed by atoms with Crippen LogP contribution in [0.15, 0.2) is 35.2 Å². The number of ketones is 1. The Bertz CT molecular complexity index is 846. The second-order valence-corrected chi connectivity index (χ2v) is 7.37. The first-order chi connectivity index (χ1) is 11.2. The highest BCUT2D eigenvalue weighted by Gasteiger charge is 2.15. The number of hydrogen-bond donors (Lipinski definition) is 1. The van der Waals surface area contributed by atoms with Crippen molar-refractivity contribution < 1.29 is 13.2 Å². The van der Waals surface area contributed by atoms with Crippen molar-refractivity contribution in [1.29, 1.82) is 0 Å². The molecule has 0 radical (unpaired) electrons. The number of rotatable bonds is 6. The van der Waals surface area contributed by atoms with E-state index in [1.54, 1.807) is 11.0 Å². The first-order valence-electron chi connectivity index (χ1n) is 7.31. The smallest absolute Gasteiger partial charge is 0.240 e. The number of carbonyl (C=O) groups excluding carboxylic acids is 1. The van der Waals surface area contributed by atoms with Gasteiger partial charge < -0.3 is 4.90 Å². The van der Waals surface area contributed by atoms with Crippen molar-refractivity contribution in [2.45, 2.75) is 25.3 Å². The maximum atomic E-state index is 12.3. The van der Waals surface area contributed by atoms with Gasteiger partial charge in [0.2, 0.25) is 16.0 Å². The van der Waals surface area contributed by atoms with Crippen LogP contribution in [-0.4, -0.2) is 38.3 Å². The first-order valence-corrected chi connectivity index (χ1v) is 8.80. The average molecular weight is 348 g/mol. The van der Waals surface area contributed by atoms with Gasteiger partial charge in [-0.25, -0.2) is 23.1 Å². The minimum Gasteiger partial charge on any atom is -0.347 e. The maximum Gasteiger partial charge on any atom is 0.240 e. The van der Waals surface area contributed by atoms with Crippen molar-refractivity contribution in [3.05, 3.63) is 47.3 Å². The number of hydrogen-bond acceptors (Lipinski definition) is 6. The third-order valence-electron chi connectivity index (χ3n) is 3.31. The molecule has 0 fully saturated rings. The largest absolute Gasteiger partial charge is 0.347 e. The molecule has 0 saturated heterocycles. The molecule has 1 heterocycles. The van der Waals surface area contributed by atoms with Crippen LogP contribution in [0.5, 0.6) is 0 Å². The van der Waals surface area contributed by atoms with E-state index in [0.717, 1.165) is 5.69 Å². The van der Waals surface area contributed by atoms with Crippen molar-refractivity contribution in [3.63, 3.8) is 0 Å². The molecule has 8 heteroatoms. The third-order valence-corrected chi connectivity index (χ3v) is 4.73. The van der Waals surface area contributed by atoms with Crippen LogP contribution in [0.3, 0.4) is 0 Å². The van der Waals surface area contributed by atoms with Gasteiger partial charge in [-0.05, 0) is 32.0 Å². The number of Topliss-reactive ketones (excluding diaryl/α,β-unsaturated/α-hetero) is 1. The van der Waals surface area contributed by atoms with Crippen LogP contribution in [0, 0.1) is 6.92 Å². The molecule has 0 aliphatic heterocycles. The van der Waals surface area contributed by atoms with E-state index in [4.69, 9.17) is 0 Å². The molecule has 1 aromatic carbocycles. The normalized spacial score (nSPS) is 11.3. The molecular formula is C16H20N4O3S. The summed E-state index contributed by atoms with van der Waals surface area (Å²) in [6, 6.07) is 7.55. The summed E-state index contributed by atoms with van der Waals surface area (Å²) in [7, 11) is -0.0447.